The summed E-state index contributed by atoms with van der Waals surface area (Å²) in [6.45, 7) is 0. The normalized spacial score (nSPS) is 13.4. The monoisotopic (exact) mass is 769 g/mol. The van der Waals surface area contributed by atoms with Gasteiger partial charge in [-0.2, -0.15) is 0 Å². The molecule has 0 unspecified atom stereocenters. The van der Waals surface area contributed by atoms with Crippen molar-refractivity contribution in [2.75, 3.05) is 0 Å². The third kappa shape index (κ3) is 4.51. The number of thiophene rings is 1. The largest absolute Gasteiger partial charge is 0.456 e. The van der Waals surface area contributed by atoms with Crippen LogP contribution in [0.2, 0.25) is 0 Å². The summed E-state index contributed by atoms with van der Waals surface area (Å²) in [6.07, 6.45) is 0. The topological polar surface area (TPSA) is 47.9 Å². The van der Waals surface area contributed by atoms with Crippen LogP contribution in [-0.2, 0) is 5.41 Å². The molecule has 3 aromatic heterocycles. The van der Waals surface area contributed by atoms with Crippen molar-refractivity contribution in [1.29, 1.82) is 0 Å². The second-order valence-corrected chi connectivity index (χ2v) is 16.5. The van der Waals surface area contributed by atoms with Crippen molar-refractivity contribution in [1.82, 2.24) is 15.0 Å². The second-order valence-electron chi connectivity index (χ2n) is 15.4. The molecule has 8 aromatic carbocycles. The van der Waals surface area contributed by atoms with Gasteiger partial charge in [0.05, 0.1) is 32.5 Å². The van der Waals surface area contributed by atoms with E-state index in [9.17, 15) is 0 Å². The van der Waals surface area contributed by atoms with Crippen molar-refractivity contribution in [2.24, 2.45) is 0 Å². The first-order chi connectivity index (χ1) is 29.3. The van der Waals surface area contributed by atoms with Crippen molar-refractivity contribution in [2.45, 2.75) is 5.41 Å². The molecule has 2 aliphatic rings. The van der Waals surface area contributed by atoms with Crippen LogP contribution in [0.25, 0.3) is 87.0 Å². The van der Waals surface area contributed by atoms with Crippen LogP contribution in [-0.4, -0.2) is 15.0 Å². The molecular weight excluding hydrogens is 739 g/mol. The Bertz CT molecular complexity index is 3510. The zero-order valence-electron chi connectivity index (χ0n) is 31.6. The molecule has 4 nitrogen and oxygen atoms in total. The highest BCUT2D eigenvalue weighted by Crippen LogP contribution is 2.63. The first-order valence-corrected chi connectivity index (χ1v) is 20.8. The molecule has 13 rings (SSSR count). The van der Waals surface area contributed by atoms with Crippen LogP contribution < -0.4 is 4.74 Å². The van der Waals surface area contributed by atoms with E-state index in [0.29, 0.717) is 5.82 Å². The van der Waals surface area contributed by atoms with Crippen molar-refractivity contribution in [3.63, 3.8) is 0 Å². The van der Waals surface area contributed by atoms with Crippen molar-refractivity contribution < 1.29 is 4.74 Å². The van der Waals surface area contributed by atoms with E-state index in [1.54, 1.807) is 11.3 Å². The summed E-state index contributed by atoms with van der Waals surface area (Å²) in [5, 5.41) is 4.30. The molecule has 5 heteroatoms. The molecule has 59 heavy (non-hydrogen) atoms. The molecule has 0 fully saturated rings. The van der Waals surface area contributed by atoms with Gasteiger partial charge in [-0.15, -0.1) is 11.3 Å². The number of hydrogen-bond donors (Lipinski definition) is 0. The molecule has 0 radical (unpaired) electrons. The Morgan fingerprint density at radius 1 is 0.441 bits per heavy atom. The molecule has 1 aliphatic heterocycles. The van der Waals surface area contributed by atoms with Gasteiger partial charge >= 0.3 is 0 Å². The first-order valence-electron chi connectivity index (χ1n) is 19.9. The molecule has 274 valence electrons. The maximum atomic E-state index is 7.19. The number of nitrogens with zero attached hydrogens (tertiary/aromatic N) is 3. The minimum atomic E-state index is -0.560. The molecule has 0 saturated heterocycles. The Morgan fingerprint density at radius 2 is 1.08 bits per heavy atom. The molecule has 0 N–H and O–H groups in total. The van der Waals surface area contributed by atoms with Crippen molar-refractivity contribution >= 4 is 53.3 Å². The summed E-state index contributed by atoms with van der Waals surface area (Å²) in [7, 11) is 0. The van der Waals surface area contributed by atoms with Crippen LogP contribution >= 0.6 is 11.3 Å². The van der Waals surface area contributed by atoms with Gasteiger partial charge in [-0.3, -0.25) is 0 Å². The van der Waals surface area contributed by atoms with Crippen LogP contribution in [0.15, 0.2) is 188 Å². The lowest BCUT2D eigenvalue weighted by Gasteiger charge is -2.40. The lowest BCUT2D eigenvalue weighted by atomic mass is 9.65. The lowest BCUT2D eigenvalue weighted by Crippen LogP contribution is -2.32. The summed E-state index contributed by atoms with van der Waals surface area (Å²) >= 11 is 1.75. The van der Waals surface area contributed by atoms with Gasteiger partial charge < -0.3 is 4.74 Å². The number of ether oxygens (including phenoxy) is 1. The zero-order valence-corrected chi connectivity index (χ0v) is 32.4. The second kappa shape index (κ2) is 12.3. The van der Waals surface area contributed by atoms with Gasteiger partial charge in [-0.1, -0.05) is 164 Å². The molecule has 4 heterocycles. The number of fused-ring (bicyclic) bond motifs is 16. The molecule has 0 atom stereocenters. The number of hydrogen-bond acceptors (Lipinski definition) is 5. The van der Waals surface area contributed by atoms with Gasteiger partial charge in [0, 0.05) is 54.1 Å². The summed E-state index contributed by atoms with van der Waals surface area (Å²) in [4.78, 5) is 15.9. The van der Waals surface area contributed by atoms with Crippen LogP contribution in [0.5, 0.6) is 11.5 Å². The van der Waals surface area contributed by atoms with E-state index in [4.69, 9.17) is 19.7 Å². The molecule has 1 spiro atoms. The number of para-hydroxylation sites is 2. The maximum absolute atomic E-state index is 7.19. The fraction of sp³-hybridized carbons (Fsp3) is 0.0185. The van der Waals surface area contributed by atoms with Crippen molar-refractivity contribution in [3.05, 3.63) is 210 Å². The van der Waals surface area contributed by atoms with Crippen LogP contribution in [0.3, 0.4) is 0 Å². The van der Waals surface area contributed by atoms with E-state index in [1.165, 1.54) is 27.0 Å². The Hall–Kier alpha value is -7.47. The Labute approximate surface area is 343 Å². The highest BCUT2D eigenvalue weighted by molar-refractivity contribution is 7.26. The fourth-order valence-electron chi connectivity index (χ4n) is 9.88. The van der Waals surface area contributed by atoms with Gasteiger partial charge in [-0.05, 0) is 46.5 Å². The van der Waals surface area contributed by atoms with E-state index in [1.807, 2.05) is 18.2 Å². The maximum Gasteiger partial charge on any atom is 0.160 e. The molecule has 0 bridgehead atoms. The van der Waals surface area contributed by atoms with E-state index in [-0.39, 0.29) is 0 Å². The lowest BCUT2D eigenvalue weighted by molar-refractivity contribution is 0.442. The minimum absolute atomic E-state index is 0.560. The molecule has 0 amide bonds. The quantitative estimate of drug-likeness (QED) is 0.168. The standard InChI is InChI=1S/C54H31N3OS/c1-2-15-32(16-3-1)53-56-49(52-50(57-53)38-22-7-13-28-46(38)59-52)34-18-14-17-33(31-34)48-39-29-30-43-51(47(39)37-21-6-11-26-44(37)55-48)58-45-27-12-10-25-42(45)54(43)40-23-8-4-19-35(40)36-20-5-9-24-41(36)54/h1-31H. The van der Waals surface area contributed by atoms with E-state index >= 15 is 0 Å². The van der Waals surface area contributed by atoms with E-state index in [0.717, 1.165) is 88.0 Å². The Balaban J connectivity index is 1.08. The van der Waals surface area contributed by atoms with Gasteiger partial charge in [0.1, 0.15) is 11.5 Å². The third-order valence-electron chi connectivity index (χ3n) is 12.3. The number of pyridine rings is 1. The highest BCUT2D eigenvalue weighted by Gasteiger charge is 2.51. The number of benzene rings is 8. The predicted octanol–water partition coefficient (Wildman–Crippen LogP) is 14.0. The number of rotatable bonds is 3. The van der Waals surface area contributed by atoms with Gasteiger partial charge in [0.2, 0.25) is 0 Å². The average Bonchev–Trinajstić information content (AvgIpc) is 3.83. The molecule has 11 aromatic rings. The summed E-state index contributed by atoms with van der Waals surface area (Å²) in [5.41, 5.74) is 13.5. The minimum Gasteiger partial charge on any atom is -0.456 e. The Morgan fingerprint density at radius 3 is 1.90 bits per heavy atom. The SMILES string of the molecule is c1ccc(-c2nc(-c3cccc(-c4nc5ccccc5c5c6c(ccc45)C4(c5ccccc5O6)c5ccccc5-c5ccccc54)c3)c3sc4ccccc4c3n2)cc1. The van der Waals surface area contributed by atoms with Crippen LogP contribution in [0.4, 0.5) is 0 Å². The van der Waals surface area contributed by atoms with E-state index < -0.39 is 5.41 Å². The van der Waals surface area contributed by atoms with Crippen LogP contribution in [0, 0.1) is 0 Å². The molecular formula is C54H31N3OS. The van der Waals surface area contributed by atoms with Gasteiger partial charge in [-0.25, -0.2) is 15.0 Å². The number of aromatic nitrogens is 3. The summed E-state index contributed by atoms with van der Waals surface area (Å²) in [6, 6.07) is 66.9. The molecule has 1 aliphatic carbocycles. The van der Waals surface area contributed by atoms with Crippen molar-refractivity contribution in [3.8, 4) is 56.5 Å². The zero-order chi connectivity index (χ0) is 38.7. The van der Waals surface area contributed by atoms with Crippen LogP contribution in [0.1, 0.15) is 22.3 Å². The van der Waals surface area contributed by atoms with Gasteiger partial charge in [0.15, 0.2) is 5.82 Å². The molecule has 0 saturated carbocycles. The van der Waals surface area contributed by atoms with E-state index in [2.05, 4.69) is 170 Å². The van der Waals surface area contributed by atoms with Gasteiger partial charge in [0.25, 0.3) is 0 Å². The average molecular weight is 770 g/mol. The summed E-state index contributed by atoms with van der Waals surface area (Å²) in [5.74, 6) is 2.46. The predicted molar refractivity (Wildman–Crippen MR) is 241 cm³/mol. The third-order valence-corrected chi connectivity index (χ3v) is 13.5. The highest BCUT2D eigenvalue weighted by atomic mass is 32.1. The smallest absolute Gasteiger partial charge is 0.160 e. The Kier molecular flexibility index (Phi) is 6.78. The fourth-order valence-corrected chi connectivity index (χ4v) is 11.0. The first kappa shape index (κ1) is 32.6. The summed E-state index contributed by atoms with van der Waals surface area (Å²) < 4.78 is 9.45.